The summed E-state index contributed by atoms with van der Waals surface area (Å²) in [6, 6.07) is 14.3. The van der Waals surface area contributed by atoms with Gasteiger partial charge in [0.2, 0.25) is 11.4 Å². The van der Waals surface area contributed by atoms with Crippen molar-refractivity contribution < 1.29 is 21.2 Å². The predicted octanol–water partition coefficient (Wildman–Crippen LogP) is 31.1. The number of hydrogen-bond acceptors (Lipinski definition) is 0. The molecular formula is C87H156N2Ni. The Labute approximate surface area is 576 Å². The van der Waals surface area contributed by atoms with Crippen LogP contribution >= 0.6 is 0 Å². The zero-order chi connectivity index (χ0) is 64.7. The molecule has 524 valence electrons. The van der Waals surface area contributed by atoms with Crippen LogP contribution in [-0.2, 0) is 42.2 Å². The van der Waals surface area contributed by atoms with E-state index >= 15 is 0 Å². The Morgan fingerprint density at radius 2 is 0.444 bits per heavy atom. The molecular weight excluding hydrogens is 1130 g/mol. The number of unbranched alkanes of at least 4 members (excludes halogenated alkanes) is 48. The molecule has 3 heteroatoms. The molecule has 0 fully saturated rings. The maximum atomic E-state index is 12.2. The quantitative estimate of drug-likeness (QED) is 0.0273. The Bertz CT molecular complexity index is 1800. The largest absolute Gasteiger partial charge is 2.00 e. The summed E-state index contributed by atoms with van der Waals surface area (Å²) in [6.07, 6.45) is 83.2. The summed E-state index contributed by atoms with van der Waals surface area (Å²) >= 11 is 0. The topological polar surface area (TPSA) is 25.3 Å². The predicted molar refractivity (Wildman–Crippen MR) is 404 cm³/mol. The third-order valence-electron chi connectivity index (χ3n) is 19.4. The van der Waals surface area contributed by atoms with Crippen LogP contribution in [0, 0.1) is 13.8 Å². The van der Waals surface area contributed by atoms with Crippen LogP contribution in [0.25, 0.3) is 16.9 Å². The van der Waals surface area contributed by atoms with E-state index in [1.807, 2.05) is 0 Å². The van der Waals surface area contributed by atoms with Crippen LogP contribution in [0.3, 0.4) is 0 Å². The summed E-state index contributed by atoms with van der Waals surface area (Å²) in [5.41, 5.74) is 25.0. The van der Waals surface area contributed by atoms with Crippen LogP contribution in [0.5, 0.6) is 0 Å². The minimum atomic E-state index is 0. The van der Waals surface area contributed by atoms with Gasteiger partial charge in [0, 0.05) is 22.3 Å². The number of benzene rings is 2. The van der Waals surface area contributed by atoms with Crippen LogP contribution < -0.4 is 0 Å². The molecule has 2 aromatic rings. The third-order valence-corrected chi connectivity index (χ3v) is 19.4. The molecule has 3 rings (SSSR count). The summed E-state index contributed by atoms with van der Waals surface area (Å²) in [4.78, 5) is 0. The normalized spacial score (nSPS) is 12.2. The summed E-state index contributed by atoms with van der Waals surface area (Å²) < 4.78 is 1.60. The van der Waals surface area contributed by atoms with Crippen LogP contribution in [0.2, 0.25) is 0 Å². The molecule has 0 saturated carbocycles. The molecule has 0 saturated heterocycles. The fourth-order valence-corrected chi connectivity index (χ4v) is 13.6. The van der Waals surface area contributed by atoms with Crippen molar-refractivity contribution in [3.05, 3.63) is 100 Å². The molecule has 2 nitrogen and oxygen atoms in total. The zero-order valence-corrected chi connectivity index (χ0v) is 63.2. The second kappa shape index (κ2) is 67.0. The van der Waals surface area contributed by atoms with Crippen LogP contribution in [0.15, 0.2) is 47.5 Å². The van der Waals surface area contributed by atoms with E-state index in [1.165, 1.54) is 378 Å². The van der Waals surface area contributed by atoms with Crippen LogP contribution in [0.4, 0.5) is 0 Å². The second-order valence-corrected chi connectivity index (χ2v) is 28.1. The van der Waals surface area contributed by atoms with Gasteiger partial charge in [0.1, 0.15) is 0 Å². The van der Waals surface area contributed by atoms with Gasteiger partial charge in [-0.1, -0.05) is 376 Å². The number of nitrogens with zero attached hydrogens (tertiary/aromatic N) is 2. The van der Waals surface area contributed by atoms with E-state index < -0.39 is 0 Å². The first-order valence-electron chi connectivity index (χ1n) is 40.6. The molecule has 0 radical (unpaired) electrons. The molecule has 2 aromatic carbocycles. The Kier molecular flexibility index (Phi) is 65.5. The van der Waals surface area contributed by atoms with E-state index in [0.717, 1.165) is 69.2 Å². The number of rotatable bonds is 61. The molecule has 1 heterocycles. The molecule has 0 aromatic heterocycles. The van der Waals surface area contributed by atoms with Crippen molar-refractivity contribution in [2.24, 2.45) is 0 Å². The maximum Gasteiger partial charge on any atom is 2.00 e. The molecule has 0 unspecified atom stereocenters. The SMILES string of the molecule is CCCCCC1=C(c2cc(CCCC)cc(CCCC)c2)[N+](=[N-])C(c2cc(CCCC)cc(CCCC)c2)=C1CC.[CH2-]CCCCCCCCCCCCCCCCCCCCCCC.[CH2-]CCCCCCCCCCCCCCCCCCCCCCC.[Ni+2]. The first-order chi connectivity index (χ1) is 43.8. The monoisotopic (exact) mass is 1290 g/mol. The van der Waals surface area contributed by atoms with Crippen molar-refractivity contribution in [2.75, 3.05) is 0 Å². The average molecular weight is 1290 g/mol. The van der Waals surface area contributed by atoms with Crippen molar-refractivity contribution in [2.45, 2.75) is 447 Å². The Hall–Kier alpha value is -1.99. The Morgan fingerprint density at radius 3 is 0.656 bits per heavy atom. The molecule has 1 aliphatic rings. The van der Waals surface area contributed by atoms with E-state index in [-0.39, 0.29) is 16.5 Å². The summed E-state index contributed by atoms with van der Waals surface area (Å²) in [5.74, 6) is 0. The first-order valence-corrected chi connectivity index (χ1v) is 40.6. The van der Waals surface area contributed by atoms with E-state index in [2.05, 4.69) is 106 Å². The maximum absolute atomic E-state index is 12.2. The van der Waals surface area contributed by atoms with Gasteiger partial charge in [-0.3, -0.25) is 0 Å². The van der Waals surface area contributed by atoms with E-state index in [4.69, 9.17) is 0 Å². The van der Waals surface area contributed by atoms with E-state index in [9.17, 15) is 5.53 Å². The van der Waals surface area contributed by atoms with Gasteiger partial charge in [0.05, 0.1) is 0 Å². The molecule has 0 atom stereocenters. The summed E-state index contributed by atoms with van der Waals surface area (Å²) in [7, 11) is 0. The number of hydrogen-bond donors (Lipinski definition) is 0. The molecule has 90 heavy (non-hydrogen) atoms. The van der Waals surface area contributed by atoms with Crippen molar-refractivity contribution in [3.63, 3.8) is 0 Å². The smallest absolute Gasteiger partial charge is 0.493 e. The second-order valence-electron chi connectivity index (χ2n) is 28.1. The summed E-state index contributed by atoms with van der Waals surface area (Å²) in [6.45, 7) is 26.1. The van der Waals surface area contributed by atoms with Crippen molar-refractivity contribution in [1.82, 2.24) is 0 Å². The van der Waals surface area contributed by atoms with Gasteiger partial charge in [0.25, 0.3) is 0 Å². The van der Waals surface area contributed by atoms with Crippen LogP contribution in [-0.4, -0.2) is 4.70 Å². The summed E-state index contributed by atoms with van der Waals surface area (Å²) in [5, 5.41) is 0. The van der Waals surface area contributed by atoms with E-state index in [1.54, 1.807) is 4.70 Å². The fraction of sp³-hybridized carbons (Fsp3) is 0.793. The van der Waals surface area contributed by atoms with Gasteiger partial charge in [-0.05, 0) is 117 Å². The minimum absolute atomic E-state index is 0. The third kappa shape index (κ3) is 47.0. The van der Waals surface area contributed by atoms with Crippen molar-refractivity contribution >= 4 is 11.4 Å². The Balaban J connectivity index is 0.00000140. The molecule has 0 N–H and O–H groups in total. The minimum Gasteiger partial charge on any atom is -0.493 e. The molecule has 1 aliphatic heterocycles. The van der Waals surface area contributed by atoms with Crippen molar-refractivity contribution in [3.8, 4) is 0 Å². The fourth-order valence-electron chi connectivity index (χ4n) is 13.6. The van der Waals surface area contributed by atoms with Crippen molar-refractivity contribution in [1.29, 1.82) is 0 Å². The first kappa shape index (κ1) is 88.0. The molecule has 0 spiro atoms. The average Bonchev–Trinajstić information content (AvgIpc) is 1.61. The van der Waals surface area contributed by atoms with Gasteiger partial charge in [-0.25, -0.2) is 4.70 Å². The molecule has 0 aliphatic carbocycles. The van der Waals surface area contributed by atoms with Crippen LogP contribution in [0.1, 0.15) is 455 Å². The van der Waals surface area contributed by atoms with E-state index in [0.29, 0.717) is 0 Å². The number of allylic oxidation sites excluding steroid dienone is 2. The number of aryl methyl sites for hydroxylation is 4. The standard InChI is InChI=1S/C39H58N2.2C24H49.Ni/c1-7-13-18-23-37-36(12-6)38(34-26-30(19-14-8-2)24-31(27-34)20-15-9-3)41(40)39(37)35-28-32(21-16-10-4)25-33(29-35)22-17-11-5;2*1-3-5-7-9-11-13-15-17-19-21-23-24-22-20-18-16-14-12-10-8-6-4-2;/h24-29H,7-23H2,1-6H3;2*1,3-24H2,2H3;/q;2*-1;+2. The zero-order valence-electron chi connectivity index (χ0n) is 62.2. The van der Waals surface area contributed by atoms with Gasteiger partial charge in [-0.15, -0.1) is 0 Å². The Morgan fingerprint density at radius 1 is 0.244 bits per heavy atom. The van der Waals surface area contributed by atoms with Gasteiger partial charge in [-0.2, -0.15) is 12.8 Å². The molecule has 0 amide bonds. The van der Waals surface area contributed by atoms with Gasteiger partial charge in [0.15, 0.2) is 0 Å². The van der Waals surface area contributed by atoms with Gasteiger partial charge < -0.3 is 19.4 Å². The molecule has 0 bridgehead atoms. The van der Waals surface area contributed by atoms with Gasteiger partial charge >= 0.3 is 16.5 Å².